The number of hydrogen-bond donors (Lipinski definition) is 2. The minimum absolute atomic E-state index is 0.0304. The van der Waals surface area contributed by atoms with Crippen molar-refractivity contribution >= 4 is 16.9 Å². The molecule has 0 saturated heterocycles. The Bertz CT molecular complexity index is 739. The highest BCUT2D eigenvalue weighted by Crippen LogP contribution is 2.51. The largest absolute Gasteiger partial charge is 0.394 e. The van der Waals surface area contributed by atoms with Gasteiger partial charge in [0.2, 0.25) is 5.91 Å². The molecule has 1 aromatic heterocycles. The van der Waals surface area contributed by atoms with Crippen molar-refractivity contribution in [2.45, 2.75) is 45.3 Å². The average molecular weight is 332 g/mol. The third kappa shape index (κ3) is 2.59. The van der Waals surface area contributed by atoms with Crippen LogP contribution in [-0.4, -0.2) is 41.0 Å². The minimum atomic E-state index is -0.663. The maximum absolute atomic E-state index is 12.5. The number of carbonyl (C=O) groups is 1. The Morgan fingerprint density at radius 2 is 2.21 bits per heavy atom. The number of aromatic nitrogens is 1. The van der Waals surface area contributed by atoms with E-state index in [-0.39, 0.29) is 30.5 Å². The van der Waals surface area contributed by atoms with Crippen LogP contribution >= 0.6 is 0 Å². The maximum Gasteiger partial charge on any atom is 0.226 e. The van der Waals surface area contributed by atoms with Crippen LogP contribution in [0.2, 0.25) is 0 Å². The molecule has 1 amide bonds. The van der Waals surface area contributed by atoms with E-state index >= 15 is 0 Å². The SMILES string of the molecule is CCO[C@H]1C[C@](CO)(NC(=O)Cc2noc3ccccc23)C1(C)C. The van der Waals surface area contributed by atoms with Gasteiger partial charge in [-0.2, -0.15) is 0 Å². The lowest BCUT2D eigenvalue weighted by Gasteiger charge is -2.60. The summed E-state index contributed by atoms with van der Waals surface area (Å²) in [7, 11) is 0. The van der Waals surface area contributed by atoms with E-state index < -0.39 is 5.54 Å². The molecule has 0 aliphatic heterocycles. The Labute approximate surface area is 141 Å². The molecule has 1 heterocycles. The first kappa shape index (κ1) is 16.9. The second-order valence-corrected chi connectivity index (χ2v) is 6.96. The van der Waals surface area contributed by atoms with Crippen molar-refractivity contribution in [2.75, 3.05) is 13.2 Å². The summed E-state index contributed by atoms with van der Waals surface area (Å²) in [5, 5.41) is 17.7. The second-order valence-electron chi connectivity index (χ2n) is 6.96. The standard InChI is InChI=1S/C18H24N2O4/c1-4-23-15-10-18(11-21,17(15,2)3)19-16(22)9-13-12-7-5-6-8-14(12)24-20-13/h5-8,15,21H,4,9-11H2,1-3H3,(H,19,22)/t15-,18+/m0/s1. The maximum atomic E-state index is 12.5. The first-order chi connectivity index (χ1) is 11.4. The molecule has 2 N–H and O–H groups in total. The summed E-state index contributed by atoms with van der Waals surface area (Å²) in [5.41, 5.74) is 0.273. The molecule has 1 fully saturated rings. The fourth-order valence-electron chi connectivity index (χ4n) is 3.53. The fraction of sp³-hybridized carbons (Fsp3) is 0.556. The molecular weight excluding hydrogens is 308 g/mol. The smallest absolute Gasteiger partial charge is 0.226 e. The van der Waals surface area contributed by atoms with Crippen LogP contribution in [0.3, 0.4) is 0 Å². The molecule has 1 aromatic carbocycles. The molecule has 3 rings (SSSR count). The van der Waals surface area contributed by atoms with Gasteiger partial charge in [-0.15, -0.1) is 0 Å². The van der Waals surface area contributed by atoms with Crippen molar-refractivity contribution in [1.82, 2.24) is 10.5 Å². The summed E-state index contributed by atoms with van der Waals surface area (Å²) in [4.78, 5) is 12.5. The van der Waals surface area contributed by atoms with Gasteiger partial charge in [-0.1, -0.05) is 31.1 Å². The van der Waals surface area contributed by atoms with Gasteiger partial charge in [0.1, 0.15) is 5.69 Å². The number of ether oxygens (including phenoxy) is 1. The van der Waals surface area contributed by atoms with Gasteiger partial charge in [-0.25, -0.2) is 0 Å². The van der Waals surface area contributed by atoms with Gasteiger partial charge >= 0.3 is 0 Å². The van der Waals surface area contributed by atoms with Gasteiger partial charge in [0.05, 0.1) is 24.7 Å². The zero-order chi connectivity index (χ0) is 17.4. The van der Waals surface area contributed by atoms with Crippen LogP contribution in [-0.2, 0) is 16.0 Å². The lowest BCUT2D eigenvalue weighted by molar-refractivity contribution is -0.180. The van der Waals surface area contributed by atoms with E-state index in [4.69, 9.17) is 9.26 Å². The van der Waals surface area contributed by atoms with Crippen LogP contribution in [0.4, 0.5) is 0 Å². The first-order valence-electron chi connectivity index (χ1n) is 8.30. The molecule has 2 atom stereocenters. The number of rotatable bonds is 6. The Morgan fingerprint density at radius 3 is 2.88 bits per heavy atom. The molecular formula is C18H24N2O4. The van der Waals surface area contributed by atoms with Gasteiger partial charge in [-0.05, 0) is 19.1 Å². The van der Waals surface area contributed by atoms with Crippen molar-refractivity contribution in [1.29, 1.82) is 0 Å². The van der Waals surface area contributed by atoms with Crippen molar-refractivity contribution in [3.05, 3.63) is 30.0 Å². The molecule has 130 valence electrons. The highest BCUT2D eigenvalue weighted by Gasteiger charge is 2.61. The fourth-order valence-corrected chi connectivity index (χ4v) is 3.53. The number of aliphatic hydroxyl groups excluding tert-OH is 1. The predicted octanol–water partition coefficient (Wildman–Crippen LogP) is 2.05. The van der Waals surface area contributed by atoms with Crippen LogP contribution in [0.1, 0.15) is 32.9 Å². The van der Waals surface area contributed by atoms with Crippen LogP contribution in [0.25, 0.3) is 11.0 Å². The topological polar surface area (TPSA) is 84.6 Å². The van der Waals surface area contributed by atoms with E-state index in [2.05, 4.69) is 10.5 Å². The molecule has 6 nitrogen and oxygen atoms in total. The predicted molar refractivity (Wildman–Crippen MR) is 89.5 cm³/mol. The van der Waals surface area contributed by atoms with Crippen LogP contribution in [0.15, 0.2) is 28.8 Å². The van der Waals surface area contributed by atoms with E-state index in [1.165, 1.54) is 0 Å². The number of benzene rings is 1. The van der Waals surface area contributed by atoms with Crippen LogP contribution in [0, 0.1) is 5.41 Å². The van der Waals surface area contributed by atoms with Crippen LogP contribution in [0.5, 0.6) is 0 Å². The molecule has 24 heavy (non-hydrogen) atoms. The summed E-state index contributed by atoms with van der Waals surface area (Å²) in [6.45, 7) is 6.48. The van der Waals surface area contributed by atoms with Gasteiger partial charge in [0, 0.05) is 23.8 Å². The van der Waals surface area contributed by atoms with E-state index in [1.807, 2.05) is 45.0 Å². The molecule has 0 spiro atoms. The van der Waals surface area contributed by atoms with Gasteiger partial charge in [-0.3, -0.25) is 4.79 Å². The highest BCUT2D eigenvalue weighted by atomic mass is 16.5. The van der Waals surface area contributed by atoms with Gasteiger partial charge in [0.15, 0.2) is 5.58 Å². The van der Waals surface area contributed by atoms with Crippen molar-refractivity contribution < 1.29 is 19.2 Å². The molecule has 0 unspecified atom stereocenters. The summed E-state index contributed by atoms with van der Waals surface area (Å²) < 4.78 is 10.9. The van der Waals surface area contributed by atoms with Crippen LogP contribution < -0.4 is 5.32 Å². The Balaban J connectivity index is 1.72. The van der Waals surface area contributed by atoms with Crippen molar-refractivity contribution in [2.24, 2.45) is 5.41 Å². The number of amides is 1. The minimum Gasteiger partial charge on any atom is -0.394 e. The lowest BCUT2D eigenvalue weighted by Crippen LogP contribution is -2.74. The lowest BCUT2D eigenvalue weighted by atomic mass is 9.54. The van der Waals surface area contributed by atoms with Gasteiger partial charge in [0.25, 0.3) is 0 Å². The summed E-state index contributed by atoms with van der Waals surface area (Å²) >= 11 is 0. The van der Waals surface area contributed by atoms with E-state index in [0.29, 0.717) is 24.3 Å². The number of hydrogen-bond acceptors (Lipinski definition) is 5. The molecule has 1 aliphatic carbocycles. The quantitative estimate of drug-likeness (QED) is 0.846. The monoisotopic (exact) mass is 332 g/mol. The number of aliphatic hydroxyl groups is 1. The molecule has 0 bridgehead atoms. The molecule has 2 aromatic rings. The third-order valence-electron chi connectivity index (χ3n) is 5.37. The number of nitrogens with one attached hydrogen (secondary N) is 1. The van der Waals surface area contributed by atoms with Crippen molar-refractivity contribution in [3.8, 4) is 0 Å². The Kier molecular flexibility index (Phi) is 4.36. The normalized spacial score (nSPS) is 25.4. The average Bonchev–Trinajstić information content (AvgIpc) is 2.96. The van der Waals surface area contributed by atoms with E-state index in [9.17, 15) is 9.90 Å². The number of carbonyl (C=O) groups excluding carboxylic acids is 1. The number of nitrogens with zero attached hydrogens (tertiary/aromatic N) is 1. The number of para-hydroxylation sites is 1. The van der Waals surface area contributed by atoms with Gasteiger partial charge < -0.3 is 19.7 Å². The van der Waals surface area contributed by atoms with E-state index in [1.54, 1.807) is 0 Å². The molecule has 1 aliphatic rings. The van der Waals surface area contributed by atoms with Crippen molar-refractivity contribution in [3.63, 3.8) is 0 Å². The van der Waals surface area contributed by atoms with E-state index in [0.717, 1.165) is 5.39 Å². The third-order valence-corrected chi connectivity index (χ3v) is 5.37. The summed E-state index contributed by atoms with van der Waals surface area (Å²) in [6, 6.07) is 7.45. The molecule has 1 saturated carbocycles. The summed E-state index contributed by atoms with van der Waals surface area (Å²) in [5.74, 6) is -0.175. The molecule has 0 radical (unpaired) electrons. The number of fused-ring (bicyclic) bond motifs is 1. The second kappa shape index (κ2) is 6.18. The molecule has 6 heteroatoms. The Morgan fingerprint density at radius 1 is 1.46 bits per heavy atom. The Hall–Kier alpha value is -1.92. The zero-order valence-electron chi connectivity index (χ0n) is 14.3. The highest BCUT2D eigenvalue weighted by molar-refractivity contribution is 5.86. The zero-order valence-corrected chi connectivity index (χ0v) is 14.3. The summed E-state index contributed by atoms with van der Waals surface area (Å²) in [6.07, 6.45) is 0.756. The first-order valence-corrected chi connectivity index (χ1v) is 8.30.